The standard InChI is InChI=1S/C10H21N3O3/c1-4-13(5-2)10(16)7(3)12-6-8(14)9(11)15/h7-8,12,14H,4-6H2,1-3H3,(H2,11,15). The Hall–Kier alpha value is -1.14. The van der Waals surface area contributed by atoms with E-state index in [2.05, 4.69) is 5.32 Å². The minimum absolute atomic E-state index is 0.0104. The third-order valence-electron chi connectivity index (χ3n) is 2.39. The average Bonchev–Trinajstić information content (AvgIpc) is 2.26. The van der Waals surface area contributed by atoms with Gasteiger partial charge >= 0.3 is 0 Å². The average molecular weight is 231 g/mol. The van der Waals surface area contributed by atoms with Crippen LogP contribution in [0.2, 0.25) is 0 Å². The summed E-state index contributed by atoms with van der Waals surface area (Å²) in [5.41, 5.74) is 4.89. The van der Waals surface area contributed by atoms with Gasteiger partial charge in [0.1, 0.15) is 6.10 Å². The van der Waals surface area contributed by atoms with Crippen LogP contribution in [-0.2, 0) is 9.59 Å². The largest absolute Gasteiger partial charge is 0.382 e. The quantitative estimate of drug-likeness (QED) is 0.506. The van der Waals surface area contributed by atoms with Crippen molar-refractivity contribution in [2.45, 2.75) is 32.9 Å². The molecule has 6 heteroatoms. The normalized spacial score (nSPS) is 14.2. The van der Waals surface area contributed by atoms with Crippen molar-refractivity contribution in [1.82, 2.24) is 10.2 Å². The first-order valence-corrected chi connectivity index (χ1v) is 5.43. The monoisotopic (exact) mass is 231 g/mol. The maximum atomic E-state index is 11.8. The lowest BCUT2D eigenvalue weighted by Gasteiger charge is -2.23. The van der Waals surface area contributed by atoms with Gasteiger partial charge in [0.2, 0.25) is 11.8 Å². The predicted octanol–water partition coefficient (Wildman–Crippen LogP) is -1.32. The van der Waals surface area contributed by atoms with E-state index in [1.807, 2.05) is 13.8 Å². The van der Waals surface area contributed by atoms with Crippen LogP contribution in [0.3, 0.4) is 0 Å². The third kappa shape index (κ3) is 4.59. The van der Waals surface area contributed by atoms with E-state index in [0.717, 1.165) is 0 Å². The fourth-order valence-electron chi connectivity index (χ4n) is 1.29. The van der Waals surface area contributed by atoms with Crippen LogP contribution in [-0.4, -0.2) is 53.6 Å². The van der Waals surface area contributed by atoms with Gasteiger partial charge in [-0.3, -0.25) is 9.59 Å². The number of hydrogen-bond donors (Lipinski definition) is 3. The molecule has 0 aliphatic carbocycles. The van der Waals surface area contributed by atoms with Crippen LogP contribution in [0.15, 0.2) is 0 Å². The van der Waals surface area contributed by atoms with Gasteiger partial charge in [-0.05, 0) is 20.8 Å². The fourth-order valence-corrected chi connectivity index (χ4v) is 1.29. The molecule has 0 aromatic carbocycles. The lowest BCUT2D eigenvalue weighted by atomic mass is 10.2. The van der Waals surface area contributed by atoms with Crippen LogP contribution in [0.25, 0.3) is 0 Å². The molecule has 16 heavy (non-hydrogen) atoms. The van der Waals surface area contributed by atoms with Gasteiger partial charge in [0, 0.05) is 19.6 Å². The highest BCUT2D eigenvalue weighted by Crippen LogP contribution is 1.95. The van der Waals surface area contributed by atoms with Gasteiger partial charge < -0.3 is 21.1 Å². The first-order valence-electron chi connectivity index (χ1n) is 5.43. The highest BCUT2D eigenvalue weighted by atomic mass is 16.3. The zero-order valence-corrected chi connectivity index (χ0v) is 10.1. The molecule has 0 aromatic heterocycles. The van der Waals surface area contributed by atoms with Gasteiger partial charge in [0.05, 0.1) is 6.04 Å². The molecule has 0 rings (SSSR count). The molecule has 0 spiro atoms. The Morgan fingerprint density at radius 2 is 1.88 bits per heavy atom. The zero-order valence-electron chi connectivity index (χ0n) is 10.1. The van der Waals surface area contributed by atoms with Crippen molar-refractivity contribution in [3.63, 3.8) is 0 Å². The molecule has 4 N–H and O–H groups in total. The molecule has 2 amide bonds. The first-order chi connectivity index (χ1) is 7.43. The topological polar surface area (TPSA) is 95.7 Å². The van der Waals surface area contributed by atoms with E-state index in [9.17, 15) is 9.59 Å². The number of amides is 2. The molecule has 0 saturated heterocycles. The van der Waals surface area contributed by atoms with E-state index in [1.54, 1.807) is 11.8 Å². The molecule has 0 bridgehead atoms. The maximum absolute atomic E-state index is 11.8. The number of nitrogens with one attached hydrogen (secondary N) is 1. The molecule has 2 atom stereocenters. The molecule has 0 aromatic rings. The Balaban J connectivity index is 4.10. The lowest BCUT2D eigenvalue weighted by molar-refractivity contribution is -0.133. The highest BCUT2D eigenvalue weighted by molar-refractivity contribution is 5.82. The van der Waals surface area contributed by atoms with Gasteiger partial charge in [-0.15, -0.1) is 0 Å². The number of hydrogen-bond acceptors (Lipinski definition) is 4. The van der Waals surface area contributed by atoms with Crippen molar-refractivity contribution in [2.24, 2.45) is 5.73 Å². The Kier molecular flexibility index (Phi) is 6.67. The number of primary amides is 1. The number of carbonyl (C=O) groups excluding carboxylic acids is 2. The second-order valence-electron chi connectivity index (χ2n) is 3.56. The van der Waals surface area contributed by atoms with Gasteiger partial charge in [0.15, 0.2) is 0 Å². The van der Waals surface area contributed by atoms with Crippen LogP contribution >= 0.6 is 0 Å². The van der Waals surface area contributed by atoms with Crippen molar-refractivity contribution in [3.05, 3.63) is 0 Å². The second kappa shape index (κ2) is 7.19. The van der Waals surface area contributed by atoms with Crippen LogP contribution in [0, 0.1) is 0 Å². The molecule has 0 heterocycles. The maximum Gasteiger partial charge on any atom is 0.247 e. The van der Waals surface area contributed by atoms with E-state index >= 15 is 0 Å². The fraction of sp³-hybridized carbons (Fsp3) is 0.800. The minimum Gasteiger partial charge on any atom is -0.382 e. The Labute approximate surface area is 95.8 Å². The van der Waals surface area contributed by atoms with Crippen molar-refractivity contribution in [2.75, 3.05) is 19.6 Å². The number of aliphatic hydroxyl groups is 1. The SMILES string of the molecule is CCN(CC)C(=O)C(C)NCC(O)C(N)=O. The number of aliphatic hydroxyl groups excluding tert-OH is 1. The number of rotatable bonds is 7. The zero-order chi connectivity index (χ0) is 12.7. The summed E-state index contributed by atoms with van der Waals surface area (Å²) in [6, 6.07) is -0.436. The van der Waals surface area contributed by atoms with Gasteiger partial charge in [-0.25, -0.2) is 0 Å². The Morgan fingerprint density at radius 3 is 2.25 bits per heavy atom. The predicted molar refractivity (Wildman–Crippen MR) is 60.6 cm³/mol. The summed E-state index contributed by atoms with van der Waals surface area (Å²) in [7, 11) is 0. The summed E-state index contributed by atoms with van der Waals surface area (Å²) < 4.78 is 0. The van der Waals surface area contributed by atoms with E-state index in [0.29, 0.717) is 13.1 Å². The van der Waals surface area contributed by atoms with E-state index < -0.39 is 18.1 Å². The smallest absolute Gasteiger partial charge is 0.247 e. The molecule has 0 aliphatic heterocycles. The second-order valence-corrected chi connectivity index (χ2v) is 3.56. The van der Waals surface area contributed by atoms with Gasteiger partial charge in [-0.1, -0.05) is 0 Å². The minimum atomic E-state index is -1.26. The van der Waals surface area contributed by atoms with Crippen molar-refractivity contribution in [1.29, 1.82) is 0 Å². The summed E-state index contributed by atoms with van der Waals surface area (Å²) in [6.45, 7) is 6.75. The van der Waals surface area contributed by atoms with Crippen LogP contribution in [0.4, 0.5) is 0 Å². The van der Waals surface area contributed by atoms with E-state index in [4.69, 9.17) is 10.8 Å². The van der Waals surface area contributed by atoms with Crippen LogP contribution < -0.4 is 11.1 Å². The summed E-state index contributed by atoms with van der Waals surface area (Å²) in [5, 5.41) is 11.9. The molecule has 2 unspecified atom stereocenters. The third-order valence-corrected chi connectivity index (χ3v) is 2.39. The molecule has 0 radical (unpaired) electrons. The molecular weight excluding hydrogens is 210 g/mol. The van der Waals surface area contributed by atoms with E-state index in [-0.39, 0.29) is 12.5 Å². The first kappa shape index (κ1) is 14.9. The molecule has 6 nitrogen and oxygen atoms in total. The van der Waals surface area contributed by atoms with Crippen molar-refractivity contribution in [3.8, 4) is 0 Å². The van der Waals surface area contributed by atoms with E-state index in [1.165, 1.54) is 0 Å². The molecule has 0 fully saturated rings. The van der Waals surface area contributed by atoms with Gasteiger partial charge in [-0.2, -0.15) is 0 Å². The summed E-state index contributed by atoms with van der Waals surface area (Å²) >= 11 is 0. The van der Waals surface area contributed by atoms with Crippen molar-refractivity contribution >= 4 is 11.8 Å². The highest BCUT2D eigenvalue weighted by Gasteiger charge is 2.19. The molecular formula is C10H21N3O3. The number of nitrogens with two attached hydrogens (primary N) is 1. The summed E-state index contributed by atoms with van der Waals surface area (Å²) in [4.78, 5) is 24.0. The Bertz CT molecular complexity index is 241. The Morgan fingerprint density at radius 1 is 1.38 bits per heavy atom. The molecule has 0 aliphatic rings. The molecule has 0 saturated carbocycles. The molecule has 94 valence electrons. The summed E-state index contributed by atoms with van der Waals surface area (Å²) in [6.07, 6.45) is -1.26. The van der Waals surface area contributed by atoms with Gasteiger partial charge in [0.25, 0.3) is 0 Å². The lowest BCUT2D eigenvalue weighted by Crippen LogP contribution is -2.48. The van der Waals surface area contributed by atoms with Crippen molar-refractivity contribution < 1.29 is 14.7 Å². The number of carbonyl (C=O) groups is 2. The van der Waals surface area contributed by atoms with Crippen LogP contribution in [0.1, 0.15) is 20.8 Å². The summed E-state index contributed by atoms with van der Waals surface area (Å²) in [5.74, 6) is -0.850. The number of likely N-dealkylation sites (N-methyl/N-ethyl adjacent to an activating group) is 1. The number of nitrogens with zero attached hydrogens (tertiary/aromatic N) is 1. The van der Waals surface area contributed by atoms with Crippen LogP contribution in [0.5, 0.6) is 0 Å².